The molecule has 0 aromatic heterocycles. The summed E-state index contributed by atoms with van der Waals surface area (Å²) in [5, 5.41) is 13.4. The van der Waals surface area contributed by atoms with E-state index in [0.29, 0.717) is 29.7 Å². The first-order valence-corrected chi connectivity index (χ1v) is 8.28. The van der Waals surface area contributed by atoms with Crippen molar-refractivity contribution in [2.24, 2.45) is 0 Å². The smallest absolute Gasteiger partial charge is 0.144 e. The summed E-state index contributed by atoms with van der Waals surface area (Å²) in [7, 11) is 0. The maximum absolute atomic E-state index is 10.0. The summed E-state index contributed by atoms with van der Waals surface area (Å²) in [6, 6.07) is 15.9. The average Bonchev–Trinajstić information content (AvgIpc) is 2.60. The number of ether oxygens (including phenoxy) is 1. The van der Waals surface area contributed by atoms with E-state index in [9.17, 15) is 5.11 Å². The molecular weight excluding hydrogens is 409 g/mol. The molecule has 0 spiro atoms. The van der Waals surface area contributed by atoms with E-state index in [1.165, 1.54) is 5.56 Å². The van der Waals surface area contributed by atoms with Crippen molar-refractivity contribution < 1.29 is 9.84 Å². The molecule has 0 bridgehead atoms. The van der Waals surface area contributed by atoms with E-state index in [4.69, 9.17) is 16.2 Å². The van der Waals surface area contributed by atoms with Crippen LogP contribution >= 0.6 is 37.2 Å². The van der Waals surface area contributed by atoms with E-state index in [-0.39, 0.29) is 43.8 Å². The molecule has 0 saturated heterocycles. The maximum Gasteiger partial charge on any atom is 0.144 e. The van der Waals surface area contributed by atoms with Crippen molar-refractivity contribution in [3.05, 3.63) is 54.1 Å². The van der Waals surface area contributed by atoms with Crippen LogP contribution in [-0.2, 0) is 6.42 Å². The number of nitrogens with one attached hydrogen (secondary N) is 1. The fraction of sp³-hybridized carbons (Fsp3) is 0.368. The Morgan fingerprint density at radius 1 is 1.00 bits per heavy atom. The lowest BCUT2D eigenvalue weighted by atomic mass is 10.1. The van der Waals surface area contributed by atoms with Crippen molar-refractivity contribution in [1.82, 2.24) is 5.32 Å². The Bertz CT molecular complexity index is 633. The SMILES string of the molecule is CC(CCc1ccccc1)NCC(O)COc1cccc(N)c1N.Cl.Cl.Cl. The van der Waals surface area contributed by atoms with Gasteiger partial charge in [-0.15, -0.1) is 37.2 Å². The summed E-state index contributed by atoms with van der Waals surface area (Å²) in [5.74, 6) is 0.506. The Labute approximate surface area is 180 Å². The summed E-state index contributed by atoms with van der Waals surface area (Å²) in [6.07, 6.45) is 1.42. The van der Waals surface area contributed by atoms with Crippen LogP contribution in [-0.4, -0.2) is 30.4 Å². The summed E-state index contributed by atoms with van der Waals surface area (Å²) in [5.41, 5.74) is 13.8. The van der Waals surface area contributed by atoms with Gasteiger partial charge in [0.1, 0.15) is 18.5 Å². The zero-order valence-corrected chi connectivity index (χ0v) is 17.8. The van der Waals surface area contributed by atoms with Gasteiger partial charge in [0.25, 0.3) is 0 Å². The van der Waals surface area contributed by atoms with Crippen molar-refractivity contribution in [1.29, 1.82) is 0 Å². The second-order valence-corrected chi connectivity index (χ2v) is 6.06. The Balaban J connectivity index is 0. The quantitative estimate of drug-likeness (QED) is 0.450. The molecule has 2 unspecified atom stereocenters. The zero-order valence-electron chi connectivity index (χ0n) is 15.3. The van der Waals surface area contributed by atoms with Crippen LogP contribution in [0.5, 0.6) is 5.75 Å². The number of para-hydroxylation sites is 1. The van der Waals surface area contributed by atoms with E-state index >= 15 is 0 Å². The van der Waals surface area contributed by atoms with Crippen LogP contribution in [0.3, 0.4) is 0 Å². The minimum Gasteiger partial charge on any atom is -0.489 e. The topological polar surface area (TPSA) is 93.5 Å². The molecule has 154 valence electrons. The summed E-state index contributed by atoms with van der Waals surface area (Å²) >= 11 is 0. The van der Waals surface area contributed by atoms with Crippen LogP contribution in [0.4, 0.5) is 11.4 Å². The highest BCUT2D eigenvalue weighted by Gasteiger charge is 2.10. The highest BCUT2D eigenvalue weighted by molar-refractivity contribution is 5.86. The predicted molar refractivity (Wildman–Crippen MR) is 121 cm³/mol. The van der Waals surface area contributed by atoms with Crippen LogP contribution in [0.1, 0.15) is 18.9 Å². The van der Waals surface area contributed by atoms with Crippen molar-refractivity contribution in [3.8, 4) is 5.75 Å². The minimum absolute atomic E-state index is 0. The molecule has 5 nitrogen and oxygen atoms in total. The number of aryl methyl sites for hydroxylation is 1. The highest BCUT2D eigenvalue weighted by atomic mass is 35.5. The largest absolute Gasteiger partial charge is 0.489 e. The number of aliphatic hydroxyl groups excluding tert-OH is 1. The third-order valence-electron chi connectivity index (χ3n) is 3.94. The van der Waals surface area contributed by atoms with E-state index < -0.39 is 6.10 Å². The van der Waals surface area contributed by atoms with Crippen molar-refractivity contribution >= 4 is 48.6 Å². The number of aliphatic hydroxyl groups is 1. The molecule has 2 aromatic carbocycles. The molecule has 0 fully saturated rings. The van der Waals surface area contributed by atoms with Gasteiger partial charge in [-0.1, -0.05) is 36.4 Å². The van der Waals surface area contributed by atoms with Gasteiger partial charge in [-0.2, -0.15) is 0 Å². The number of nitrogens with two attached hydrogens (primary N) is 2. The third-order valence-corrected chi connectivity index (χ3v) is 3.94. The van der Waals surface area contributed by atoms with Crippen molar-refractivity contribution in [3.63, 3.8) is 0 Å². The Hall–Kier alpha value is -1.37. The number of halogens is 3. The summed E-state index contributed by atoms with van der Waals surface area (Å²) in [6.45, 7) is 2.76. The number of hydrogen-bond acceptors (Lipinski definition) is 5. The molecule has 0 aliphatic rings. The molecule has 0 aliphatic heterocycles. The second-order valence-electron chi connectivity index (χ2n) is 6.06. The molecule has 0 saturated carbocycles. The van der Waals surface area contributed by atoms with Crippen molar-refractivity contribution in [2.75, 3.05) is 24.6 Å². The first kappa shape index (κ1) is 27.8. The van der Waals surface area contributed by atoms with Gasteiger partial charge in [0.05, 0.1) is 11.4 Å². The Morgan fingerprint density at radius 2 is 1.67 bits per heavy atom. The molecule has 8 heteroatoms. The molecule has 6 N–H and O–H groups in total. The molecule has 0 heterocycles. The lowest BCUT2D eigenvalue weighted by molar-refractivity contribution is 0.104. The maximum atomic E-state index is 10.0. The summed E-state index contributed by atoms with van der Waals surface area (Å²) in [4.78, 5) is 0. The first-order chi connectivity index (χ1) is 11.6. The average molecular weight is 439 g/mol. The van der Waals surface area contributed by atoms with Gasteiger partial charge in [-0.3, -0.25) is 0 Å². The van der Waals surface area contributed by atoms with Crippen LogP contribution in [0.25, 0.3) is 0 Å². The number of nitrogen functional groups attached to an aromatic ring is 2. The molecule has 2 aromatic rings. The van der Waals surface area contributed by atoms with Gasteiger partial charge in [0, 0.05) is 12.6 Å². The van der Waals surface area contributed by atoms with Gasteiger partial charge in [0.15, 0.2) is 0 Å². The molecule has 27 heavy (non-hydrogen) atoms. The van der Waals surface area contributed by atoms with Gasteiger partial charge >= 0.3 is 0 Å². The van der Waals surface area contributed by atoms with Gasteiger partial charge < -0.3 is 26.6 Å². The zero-order chi connectivity index (χ0) is 17.4. The number of hydrogen-bond donors (Lipinski definition) is 4. The molecule has 0 aliphatic carbocycles. The molecule has 0 radical (unpaired) electrons. The Morgan fingerprint density at radius 3 is 2.33 bits per heavy atom. The van der Waals surface area contributed by atoms with Gasteiger partial charge in [-0.05, 0) is 37.5 Å². The van der Waals surface area contributed by atoms with Crippen molar-refractivity contribution in [2.45, 2.75) is 31.9 Å². The Kier molecular flexibility index (Phi) is 15.1. The van der Waals surface area contributed by atoms with E-state index in [0.717, 1.165) is 12.8 Å². The van der Waals surface area contributed by atoms with E-state index in [1.54, 1.807) is 18.2 Å². The van der Waals surface area contributed by atoms with Crippen LogP contribution in [0.15, 0.2) is 48.5 Å². The molecule has 0 amide bonds. The fourth-order valence-electron chi connectivity index (χ4n) is 2.40. The lowest BCUT2D eigenvalue weighted by Crippen LogP contribution is -2.36. The number of benzene rings is 2. The van der Waals surface area contributed by atoms with Gasteiger partial charge in [-0.25, -0.2) is 0 Å². The van der Waals surface area contributed by atoms with Gasteiger partial charge in [0.2, 0.25) is 0 Å². The highest BCUT2D eigenvalue weighted by Crippen LogP contribution is 2.26. The monoisotopic (exact) mass is 437 g/mol. The molecule has 2 rings (SSSR count). The predicted octanol–water partition coefficient (Wildman–Crippen LogP) is 3.47. The van der Waals surface area contributed by atoms with Crippen LogP contribution < -0.4 is 21.5 Å². The third kappa shape index (κ3) is 9.94. The van der Waals surface area contributed by atoms with E-state index in [1.807, 2.05) is 6.07 Å². The number of anilines is 2. The van der Waals surface area contributed by atoms with Crippen LogP contribution in [0, 0.1) is 0 Å². The van der Waals surface area contributed by atoms with E-state index in [2.05, 4.69) is 36.5 Å². The minimum atomic E-state index is -0.606. The van der Waals surface area contributed by atoms with Crippen LogP contribution in [0.2, 0.25) is 0 Å². The fourth-order valence-corrected chi connectivity index (χ4v) is 2.40. The molecule has 2 atom stereocenters. The standard InChI is InChI=1S/C19H27N3O2.3ClH/c1-14(10-11-15-6-3-2-4-7-15)22-12-16(23)13-24-18-9-5-8-17(20)19(18)21;;;/h2-9,14,16,22-23H,10-13,20-21H2,1H3;3*1H. The number of rotatable bonds is 9. The normalized spacial score (nSPS) is 11.9. The molecular formula is C19H30Cl3N3O2. The lowest BCUT2D eigenvalue weighted by Gasteiger charge is -2.18. The first-order valence-electron chi connectivity index (χ1n) is 8.28. The summed E-state index contributed by atoms with van der Waals surface area (Å²) < 4.78 is 5.55. The second kappa shape index (κ2) is 14.7.